The lowest BCUT2D eigenvalue weighted by Crippen LogP contribution is -2.29. The first-order valence-corrected chi connectivity index (χ1v) is 10.6. The molecule has 174 valence electrons. The zero-order valence-corrected chi connectivity index (χ0v) is 18.8. The van der Waals surface area contributed by atoms with Crippen LogP contribution in [-0.2, 0) is 11.3 Å². The summed E-state index contributed by atoms with van der Waals surface area (Å²) < 4.78 is 39.4. The van der Waals surface area contributed by atoms with Crippen LogP contribution < -0.4 is 15.2 Å². The number of hydrogen-bond acceptors (Lipinski definition) is 5. The molecule has 0 amide bonds. The Kier molecular flexibility index (Phi) is 7.84. The lowest BCUT2D eigenvalue weighted by Gasteiger charge is -2.17. The highest BCUT2D eigenvalue weighted by atomic mass is 35.5. The van der Waals surface area contributed by atoms with E-state index in [0.717, 1.165) is 11.1 Å². The van der Waals surface area contributed by atoms with Gasteiger partial charge >= 0.3 is 5.97 Å². The number of benzene rings is 2. The fourth-order valence-electron chi connectivity index (χ4n) is 3.13. The second-order valence-corrected chi connectivity index (χ2v) is 8.26. The first-order chi connectivity index (χ1) is 15.7. The molecule has 6 nitrogen and oxygen atoms in total. The van der Waals surface area contributed by atoms with Crippen molar-refractivity contribution in [2.75, 3.05) is 0 Å². The number of hydrogen-bond donors (Lipinski definition) is 2. The fourth-order valence-corrected chi connectivity index (χ4v) is 3.35. The Bertz CT molecular complexity index is 1160. The maximum atomic E-state index is 14.4. The summed E-state index contributed by atoms with van der Waals surface area (Å²) in [6.45, 7) is 3.95. The number of nitrogens with two attached hydrogens (primary N) is 1. The molecule has 0 radical (unpaired) electrons. The van der Waals surface area contributed by atoms with Crippen molar-refractivity contribution >= 4 is 17.6 Å². The zero-order valence-electron chi connectivity index (χ0n) is 18.0. The second kappa shape index (κ2) is 10.6. The number of nitrogens with zero attached hydrogens (tertiary/aromatic N) is 1. The van der Waals surface area contributed by atoms with Gasteiger partial charge in [0, 0.05) is 17.6 Å². The minimum Gasteiger partial charge on any atom is -0.479 e. The van der Waals surface area contributed by atoms with E-state index in [9.17, 15) is 18.7 Å². The lowest BCUT2D eigenvalue weighted by molar-refractivity contribution is -0.146. The molecule has 0 saturated heterocycles. The molecule has 3 aromatic rings. The van der Waals surface area contributed by atoms with Crippen molar-refractivity contribution in [3.63, 3.8) is 0 Å². The summed E-state index contributed by atoms with van der Waals surface area (Å²) in [6.07, 6.45) is -1.23. The van der Waals surface area contributed by atoms with Crippen LogP contribution in [0.25, 0.3) is 11.1 Å². The average Bonchev–Trinajstić information content (AvgIpc) is 2.75. The highest BCUT2D eigenvalue weighted by Crippen LogP contribution is 2.33. The van der Waals surface area contributed by atoms with Crippen LogP contribution in [0.4, 0.5) is 8.78 Å². The summed E-state index contributed by atoms with van der Waals surface area (Å²) in [5, 5.41) is 9.66. The predicted octanol–water partition coefficient (Wildman–Crippen LogP) is 5.81. The minimum absolute atomic E-state index is 0.0343. The molecule has 0 aliphatic rings. The number of carboxylic acid groups (broad SMARTS) is 1. The number of halogens is 3. The van der Waals surface area contributed by atoms with Crippen LogP contribution in [0.5, 0.6) is 17.5 Å². The van der Waals surface area contributed by atoms with Crippen molar-refractivity contribution < 1.29 is 28.2 Å². The molecule has 0 aliphatic heterocycles. The molecule has 3 N–H and O–H groups in total. The summed E-state index contributed by atoms with van der Waals surface area (Å²) in [7, 11) is 0. The Morgan fingerprint density at radius 1 is 1.09 bits per heavy atom. The van der Waals surface area contributed by atoms with Gasteiger partial charge in [-0.2, -0.15) is 4.98 Å². The van der Waals surface area contributed by atoms with E-state index in [0.29, 0.717) is 23.2 Å². The van der Waals surface area contributed by atoms with E-state index < -0.39 is 35.5 Å². The van der Waals surface area contributed by atoms with Crippen molar-refractivity contribution in [3.8, 4) is 28.6 Å². The average molecular weight is 477 g/mol. The van der Waals surface area contributed by atoms with E-state index in [1.54, 1.807) is 26.0 Å². The first kappa shape index (κ1) is 24.4. The maximum absolute atomic E-state index is 14.4. The van der Waals surface area contributed by atoms with Crippen molar-refractivity contribution in [3.05, 3.63) is 70.8 Å². The van der Waals surface area contributed by atoms with Gasteiger partial charge in [-0.05, 0) is 53.3 Å². The molecule has 2 aromatic carbocycles. The van der Waals surface area contributed by atoms with Crippen LogP contribution in [0.3, 0.4) is 0 Å². The van der Waals surface area contributed by atoms with Crippen LogP contribution >= 0.6 is 11.6 Å². The van der Waals surface area contributed by atoms with Gasteiger partial charge in [-0.15, -0.1) is 0 Å². The third-order valence-corrected chi connectivity index (χ3v) is 4.88. The maximum Gasteiger partial charge on any atom is 0.344 e. The molecule has 1 heterocycles. The summed E-state index contributed by atoms with van der Waals surface area (Å²) >= 11 is 6.22. The van der Waals surface area contributed by atoms with Gasteiger partial charge < -0.3 is 20.3 Å². The van der Waals surface area contributed by atoms with Gasteiger partial charge in [0.25, 0.3) is 11.8 Å². The highest BCUT2D eigenvalue weighted by Gasteiger charge is 2.25. The van der Waals surface area contributed by atoms with E-state index in [4.69, 9.17) is 26.8 Å². The number of ether oxygens (including phenoxy) is 2. The van der Waals surface area contributed by atoms with Gasteiger partial charge in [0.05, 0.1) is 0 Å². The Morgan fingerprint density at radius 3 is 2.48 bits per heavy atom. The molecular weight excluding hydrogens is 454 g/mol. The van der Waals surface area contributed by atoms with E-state index in [1.807, 2.05) is 24.3 Å². The number of carbonyl (C=O) groups is 1. The largest absolute Gasteiger partial charge is 0.479 e. The third-order valence-electron chi connectivity index (χ3n) is 4.66. The Morgan fingerprint density at radius 2 is 1.82 bits per heavy atom. The van der Waals surface area contributed by atoms with Crippen molar-refractivity contribution in [1.82, 2.24) is 4.98 Å². The molecule has 0 spiro atoms. The highest BCUT2D eigenvalue weighted by molar-refractivity contribution is 6.31. The van der Waals surface area contributed by atoms with Crippen molar-refractivity contribution in [2.45, 2.75) is 32.9 Å². The van der Waals surface area contributed by atoms with Gasteiger partial charge in [0.15, 0.2) is 17.7 Å². The molecular formula is C24H23ClF2N2O4. The number of rotatable bonds is 9. The summed E-state index contributed by atoms with van der Waals surface area (Å²) in [5.74, 6) is -4.63. The Balaban J connectivity index is 1.92. The van der Waals surface area contributed by atoms with E-state index >= 15 is 0 Å². The molecule has 1 atom stereocenters. The zero-order chi connectivity index (χ0) is 24.1. The monoisotopic (exact) mass is 476 g/mol. The lowest BCUT2D eigenvalue weighted by atomic mass is 10.0. The van der Waals surface area contributed by atoms with Crippen LogP contribution in [-0.4, -0.2) is 22.2 Å². The van der Waals surface area contributed by atoms with Crippen molar-refractivity contribution in [1.29, 1.82) is 0 Å². The fraction of sp³-hybridized carbons (Fsp3) is 0.250. The first-order valence-electron chi connectivity index (χ1n) is 10.2. The number of carboxylic acids is 1. The second-order valence-electron chi connectivity index (χ2n) is 7.82. The summed E-state index contributed by atoms with van der Waals surface area (Å²) in [5.41, 5.74) is 8.12. The van der Waals surface area contributed by atoms with Crippen LogP contribution in [0.1, 0.15) is 25.8 Å². The third kappa shape index (κ3) is 6.40. The normalized spacial score (nSPS) is 12.0. The van der Waals surface area contributed by atoms with E-state index in [1.165, 1.54) is 6.07 Å². The van der Waals surface area contributed by atoms with Gasteiger partial charge in [0.2, 0.25) is 0 Å². The van der Waals surface area contributed by atoms with Crippen LogP contribution in [0, 0.1) is 17.6 Å². The predicted molar refractivity (Wildman–Crippen MR) is 121 cm³/mol. The summed E-state index contributed by atoms with van der Waals surface area (Å²) in [4.78, 5) is 15.2. The summed E-state index contributed by atoms with van der Waals surface area (Å²) in [6, 6.07) is 12.8. The molecule has 1 aromatic heterocycles. The van der Waals surface area contributed by atoms with Gasteiger partial charge in [-0.3, -0.25) is 0 Å². The van der Waals surface area contributed by atoms with E-state index in [-0.39, 0.29) is 18.1 Å². The van der Waals surface area contributed by atoms with Gasteiger partial charge in [-0.25, -0.2) is 13.6 Å². The molecule has 9 heteroatoms. The number of aliphatic carboxylic acids is 1. The quantitative estimate of drug-likeness (QED) is 0.404. The minimum atomic E-state index is -1.35. The molecule has 3 rings (SSSR count). The SMILES string of the molecule is CC(C)CC(Oc1nc(Oc2cc(Cl)cc(-c3cccc(CN)c3)c2)c(F)cc1F)C(=O)O. The van der Waals surface area contributed by atoms with Gasteiger partial charge in [0.1, 0.15) is 5.75 Å². The van der Waals surface area contributed by atoms with Crippen molar-refractivity contribution in [2.24, 2.45) is 11.7 Å². The molecule has 0 bridgehead atoms. The van der Waals surface area contributed by atoms with E-state index in [2.05, 4.69) is 4.98 Å². The standard InChI is InChI=1S/C24H23ClF2N2O4/c1-13(2)6-21(24(30)31)33-23-20(27)11-19(26)22(29-23)32-18-9-16(8-17(25)10-18)15-5-3-4-14(7-15)12-28/h3-5,7-11,13,21H,6,12,28H2,1-2H3,(H,30,31). The van der Waals surface area contributed by atoms with Crippen LogP contribution in [0.15, 0.2) is 48.5 Å². The molecule has 1 unspecified atom stereocenters. The number of aromatic nitrogens is 1. The Hall–Kier alpha value is -3.23. The number of pyridine rings is 1. The smallest absolute Gasteiger partial charge is 0.344 e. The Labute approximate surface area is 194 Å². The molecule has 0 saturated carbocycles. The topological polar surface area (TPSA) is 94.7 Å². The molecule has 0 fully saturated rings. The van der Waals surface area contributed by atoms with Gasteiger partial charge in [-0.1, -0.05) is 43.6 Å². The van der Waals surface area contributed by atoms with Crippen LogP contribution in [0.2, 0.25) is 5.02 Å². The molecule has 0 aliphatic carbocycles. The molecule has 33 heavy (non-hydrogen) atoms.